The molecule has 1 aromatic heterocycles. The second-order valence-corrected chi connectivity index (χ2v) is 13.4. The largest absolute Gasteiger partial charge is 0.443 e. The Morgan fingerprint density at radius 2 is 1.83 bits per heavy atom. The minimum Gasteiger partial charge on any atom is -0.443 e. The van der Waals surface area contributed by atoms with Crippen LogP contribution in [0.3, 0.4) is 0 Å². The molecule has 0 aliphatic rings. The van der Waals surface area contributed by atoms with Crippen LogP contribution >= 0.6 is 0 Å². The molecule has 6 nitrogen and oxygen atoms in total. The number of hydrogen-bond acceptors (Lipinski definition) is 4. The number of rotatable bonds is 5. The Balaban J connectivity index is 2.85. The number of nitrogens with zero attached hydrogens (tertiary/aromatic N) is 2. The molecule has 0 bridgehead atoms. The molecule has 0 aliphatic carbocycles. The van der Waals surface area contributed by atoms with Crippen molar-refractivity contribution in [3.05, 3.63) is 11.9 Å². The molecule has 0 aliphatic heterocycles. The molecule has 138 valence electrons. The standard InChI is InChI=1S/C17H33N3O3Si/c1-13-14(12-18-19-13)20(15(21)23-16(2,3)4)10-11-22-24(8,9)17(5,6)7/h12H,10-11H2,1-9H3,(H,18,19). The van der Waals surface area contributed by atoms with Crippen molar-refractivity contribution >= 4 is 20.1 Å². The van der Waals surface area contributed by atoms with Gasteiger partial charge in [-0.3, -0.25) is 10.00 Å². The van der Waals surface area contributed by atoms with E-state index in [1.807, 2.05) is 27.7 Å². The summed E-state index contributed by atoms with van der Waals surface area (Å²) in [7, 11) is -1.85. The molecule has 0 spiro atoms. The predicted octanol–water partition coefficient (Wildman–Crippen LogP) is 4.48. The number of H-pyrrole nitrogens is 1. The number of hydrogen-bond donors (Lipinski definition) is 1. The molecule has 1 aromatic rings. The molecule has 0 radical (unpaired) electrons. The van der Waals surface area contributed by atoms with Crippen molar-refractivity contribution in [2.75, 3.05) is 18.1 Å². The van der Waals surface area contributed by atoms with Gasteiger partial charge >= 0.3 is 6.09 Å². The van der Waals surface area contributed by atoms with E-state index in [2.05, 4.69) is 44.1 Å². The summed E-state index contributed by atoms with van der Waals surface area (Å²) >= 11 is 0. The second-order valence-electron chi connectivity index (χ2n) is 8.62. The lowest BCUT2D eigenvalue weighted by Crippen LogP contribution is -2.44. The topological polar surface area (TPSA) is 67.5 Å². The smallest absolute Gasteiger partial charge is 0.414 e. The average molecular weight is 356 g/mol. The first-order valence-corrected chi connectivity index (χ1v) is 11.3. The molecule has 0 atom stereocenters. The van der Waals surface area contributed by atoms with Crippen molar-refractivity contribution in [2.45, 2.75) is 72.2 Å². The number of aryl methyl sites for hydroxylation is 1. The van der Waals surface area contributed by atoms with Gasteiger partial charge in [0.05, 0.1) is 30.7 Å². The molecule has 0 saturated heterocycles. The number of carbonyl (C=O) groups excluding carboxylic acids is 1. The molecule has 1 amide bonds. The Labute approximate surface area is 147 Å². The van der Waals surface area contributed by atoms with Gasteiger partial charge in [0.25, 0.3) is 0 Å². The van der Waals surface area contributed by atoms with Gasteiger partial charge in [0.15, 0.2) is 8.32 Å². The van der Waals surface area contributed by atoms with Crippen LogP contribution in [0.4, 0.5) is 10.5 Å². The highest BCUT2D eigenvalue weighted by atomic mass is 28.4. The maximum absolute atomic E-state index is 12.6. The van der Waals surface area contributed by atoms with Crippen LogP contribution in [0.2, 0.25) is 18.1 Å². The van der Waals surface area contributed by atoms with Crippen molar-refractivity contribution in [1.82, 2.24) is 10.2 Å². The zero-order valence-electron chi connectivity index (χ0n) is 16.6. The van der Waals surface area contributed by atoms with Crippen LogP contribution in [0.5, 0.6) is 0 Å². The highest BCUT2D eigenvalue weighted by Gasteiger charge is 2.37. The third kappa shape index (κ3) is 5.63. The summed E-state index contributed by atoms with van der Waals surface area (Å²) in [6.07, 6.45) is 1.26. The number of amides is 1. The lowest BCUT2D eigenvalue weighted by atomic mass is 10.2. The Hall–Kier alpha value is -1.34. The number of carbonyl (C=O) groups is 1. The van der Waals surface area contributed by atoms with Gasteiger partial charge < -0.3 is 9.16 Å². The fraction of sp³-hybridized carbons (Fsp3) is 0.765. The molecule has 24 heavy (non-hydrogen) atoms. The number of ether oxygens (including phenoxy) is 1. The first kappa shape index (κ1) is 20.7. The fourth-order valence-electron chi connectivity index (χ4n) is 1.85. The van der Waals surface area contributed by atoms with Gasteiger partial charge in [-0.15, -0.1) is 0 Å². The van der Waals surface area contributed by atoms with Gasteiger partial charge in [0.2, 0.25) is 0 Å². The van der Waals surface area contributed by atoms with Gasteiger partial charge in [-0.1, -0.05) is 20.8 Å². The SMILES string of the molecule is Cc1[nH]ncc1N(CCO[Si](C)(C)C(C)(C)C)C(=O)OC(C)(C)C. The molecular weight excluding hydrogens is 322 g/mol. The minimum absolute atomic E-state index is 0.134. The molecule has 0 unspecified atom stereocenters. The monoisotopic (exact) mass is 355 g/mol. The van der Waals surface area contributed by atoms with Crippen LogP contribution in [0.1, 0.15) is 47.2 Å². The van der Waals surface area contributed by atoms with Gasteiger partial charge in [-0.2, -0.15) is 5.10 Å². The summed E-state index contributed by atoms with van der Waals surface area (Å²) in [5.41, 5.74) is 1.00. The third-order valence-electron chi connectivity index (χ3n) is 4.29. The van der Waals surface area contributed by atoms with Crippen molar-refractivity contribution in [2.24, 2.45) is 0 Å². The average Bonchev–Trinajstić information content (AvgIpc) is 2.77. The first-order valence-electron chi connectivity index (χ1n) is 8.39. The number of aromatic amines is 1. The van der Waals surface area contributed by atoms with Crippen LogP contribution in [0.15, 0.2) is 6.20 Å². The highest BCUT2D eigenvalue weighted by molar-refractivity contribution is 6.74. The zero-order valence-corrected chi connectivity index (χ0v) is 17.6. The molecule has 0 saturated carbocycles. The lowest BCUT2D eigenvalue weighted by molar-refractivity contribution is 0.0574. The summed E-state index contributed by atoms with van der Waals surface area (Å²) in [6, 6.07) is 0. The summed E-state index contributed by atoms with van der Waals surface area (Å²) in [5, 5.41) is 7.01. The van der Waals surface area contributed by atoms with Crippen LogP contribution < -0.4 is 4.90 Å². The first-order chi connectivity index (χ1) is 10.7. The second kappa shape index (κ2) is 7.27. The van der Waals surface area contributed by atoms with Gasteiger partial charge in [-0.25, -0.2) is 4.79 Å². The summed E-state index contributed by atoms with van der Waals surface area (Å²) < 4.78 is 11.7. The molecule has 1 heterocycles. The van der Waals surface area contributed by atoms with E-state index < -0.39 is 13.9 Å². The van der Waals surface area contributed by atoms with E-state index in [-0.39, 0.29) is 11.1 Å². The summed E-state index contributed by atoms with van der Waals surface area (Å²) in [4.78, 5) is 14.2. The normalized spacial score (nSPS) is 13.0. The Morgan fingerprint density at radius 1 is 1.25 bits per heavy atom. The Bertz CT molecular complexity index is 556. The number of anilines is 1. The van der Waals surface area contributed by atoms with E-state index in [1.165, 1.54) is 0 Å². The highest BCUT2D eigenvalue weighted by Crippen LogP contribution is 2.36. The van der Waals surface area contributed by atoms with E-state index in [9.17, 15) is 4.79 Å². The predicted molar refractivity (Wildman–Crippen MR) is 100 cm³/mol. The van der Waals surface area contributed by atoms with Crippen molar-refractivity contribution in [3.63, 3.8) is 0 Å². The van der Waals surface area contributed by atoms with Crippen molar-refractivity contribution in [1.29, 1.82) is 0 Å². The van der Waals surface area contributed by atoms with Gasteiger partial charge in [0, 0.05) is 0 Å². The minimum atomic E-state index is -1.85. The Morgan fingerprint density at radius 3 is 2.25 bits per heavy atom. The van der Waals surface area contributed by atoms with Crippen LogP contribution in [0.25, 0.3) is 0 Å². The quantitative estimate of drug-likeness (QED) is 0.791. The number of nitrogens with one attached hydrogen (secondary N) is 1. The van der Waals surface area contributed by atoms with E-state index in [1.54, 1.807) is 11.1 Å². The summed E-state index contributed by atoms with van der Waals surface area (Å²) in [5.74, 6) is 0. The third-order valence-corrected chi connectivity index (χ3v) is 8.83. The van der Waals surface area contributed by atoms with Crippen LogP contribution in [-0.2, 0) is 9.16 Å². The van der Waals surface area contributed by atoms with Gasteiger partial charge in [-0.05, 0) is 45.8 Å². The zero-order chi connectivity index (χ0) is 18.8. The Kier molecular flexibility index (Phi) is 6.27. The molecule has 1 N–H and O–H groups in total. The molecule has 1 rings (SSSR count). The fourth-order valence-corrected chi connectivity index (χ4v) is 2.89. The molecular formula is C17H33N3O3Si. The van der Waals surface area contributed by atoms with Crippen molar-refractivity contribution < 1.29 is 14.0 Å². The lowest BCUT2D eigenvalue weighted by Gasteiger charge is -2.37. The van der Waals surface area contributed by atoms with Crippen molar-refractivity contribution in [3.8, 4) is 0 Å². The maximum atomic E-state index is 12.6. The molecule has 0 fully saturated rings. The van der Waals surface area contributed by atoms with E-state index in [0.29, 0.717) is 13.2 Å². The summed E-state index contributed by atoms with van der Waals surface area (Å²) in [6.45, 7) is 19.4. The van der Waals surface area contributed by atoms with Crippen LogP contribution in [0, 0.1) is 6.92 Å². The van der Waals surface area contributed by atoms with Crippen LogP contribution in [-0.4, -0.2) is 43.4 Å². The van der Waals surface area contributed by atoms with Gasteiger partial charge in [0.1, 0.15) is 5.60 Å². The van der Waals surface area contributed by atoms with E-state index in [0.717, 1.165) is 11.4 Å². The maximum Gasteiger partial charge on any atom is 0.414 e. The number of aromatic nitrogens is 2. The van der Waals surface area contributed by atoms with E-state index >= 15 is 0 Å². The molecule has 7 heteroatoms. The van der Waals surface area contributed by atoms with E-state index in [4.69, 9.17) is 9.16 Å². The molecule has 0 aromatic carbocycles.